The van der Waals surface area contributed by atoms with Crippen molar-refractivity contribution in [3.8, 4) is 11.3 Å². The Bertz CT molecular complexity index is 855. The third-order valence-corrected chi connectivity index (χ3v) is 5.14. The molecule has 0 spiro atoms. The van der Waals surface area contributed by atoms with Crippen LogP contribution in [0.4, 0.5) is 0 Å². The van der Waals surface area contributed by atoms with Crippen LogP contribution < -0.4 is 0 Å². The van der Waals surface area contributed by atoms with Gasteiger partial charge in [0, 0.05) is 33.4 Å². The number of halogens is 1. The first kappa shape index (κ1) is 12.2. The first-order valence-electron chi connectivity index (χ1n) is 6.90. The molecule has 1 heterocycles. The van der Waals surface area contributed by atoms with Gasteiger partial charge in [-0.1, -0.05) is 54.0 Å². The summed E-state index contributed by atoms with van der Waals surface area (Å²) in [5, 5.41) is 1.36. The van der Waals surface area contributed by atoms with Crippen LogP contribution in [0.15, 0.2) is 46.9 Å². The van der Waals surface area contributed by atoms with Crippen LogP contribution in [0.3, 0.4) is 0 Å². The van der Waals surface area contributed by atoms with Crippen molar-refractivity contribution < 1.29 is 0 Å². The lowest BCUT2D eigenvalue weighted by Crippen LogP contribution is -2.14. The molecule has 0 saturated carbocycles. The molecule has 3 aromatic rings. The molecule has 0 unspecified atom stereocenters. The van der Waals surface area contributed by atoms with E-state index >= 15 is 0 Å². The minimum Gasteiger partial charge on any atom is -0.343 e. The van der Waals surface area contributed by atoms with Crippen LogP contribution in [-0.4, -0.2) is 4.57 Å². The zero-order valence-electron chi connectivity index (χ0n) is 11.9. The molecule has 0 N–H and O–H groups in total. The second-order valence-corrected chi connectivity index (χ2v) is 7.03. The molecule has 1 aliphatic carbocycles. The fourth-order valence-electron chi connectivity index (χ4n) is 3.73. The van der Waals surface area contributed by atoms with Gasteiger partial charge >= 0.3 is 0 Å². The van der Waals surface area contributed by atoms with Crippen molar-refractivity contribution in [2.75, 3.05) is 0 Å². The fraction of sp³-hybridized carbons (Fsp3) is 0.222. The molecule has 2 heteroatoms. The number of fused-ring (bicyclic) bond motifs is 5. The normalized spacial score (nSPS) is 15.4. The maximum absolute atomic E-state index is 3.61. The Morgan fingerprint density at radius 1 is 1.05 bits per heavy atom. The van der Waals surface area contributed by atoms with Crippen LogP contribution in [0.5, 0.6) is 0 Å². The third kappa shape index (κ3) is 1.33. The number of aryl methyl sites for hydroxylation is 1. The standard InChI is InChI=1S/C18H16BrN/c1-18(2)14-7-5-4-6-12(14)17-16(18)13-10-11(19)8-9-15(13)20(17)3/h4-10H,1-3H3. The van der Waals surface area contributed by atoms with Gasteiger partial charge in [0.05, 0.1) is 5.69 Å². The van der Waals surface area contributed by atoms with E-state index < -0.39 is 0 Å². The first-order valence-corrected chi connectivity index (χ1v) is 7.69. The van der Waals surface area contributed by atoms with Gasteiger partial charge < -0.3 is 4.57 Å². The number of benzene rings is 2. The molecule has 0 aliphatic heterocycles. The van der Waals surface area contributed by atoms with E-state index in [1.165, 1.54) is 33.3 Å². The molecule has 0 fully saturated rings. The van der Waals surface area contributed by atoms with Crippen LogP contribution in [-0.2, 0) is 12.5 Å². The molecular formula is C18H16BrN. The summed E-state index contributed by atoms with van der Waals surface area (Å²) in [4.78, 5) is 0. The van der Waals surface area contributed by atoms with E-state index in [-0.39, 0.29) is 5.41 Å². The van der Waals surface area contributed by atoms with Crippen molar-refractivity contribution in [2.24, 2.45) is 7.05 Å². The summed E-state index contributed by atoms with van der Waals surface area (Å²) in [5.41, 5.74) is 7.01. The minimum atomic E-state index is 0.0617. The van der Waals surface area contributed by atoms with E-state index in [4.69, 9.17) is 0 Å². The summed E-state index contributed by atoms with van der Waals surface area (Å²) in [6.45, 7) is 4.66. The van der Waals surface area contributed by atoms with Crippen molar-refractivity contribution in [2.45, 2.75) is 19.3 Å². The van der Waals surface area contributed by atoms with Crippen molar-refractivity contribution in [3.63, 3.8) is 0 Å². The summed E-state index contributed by atoms with van der Waals surface area (Å²) in [7, 11) is 2.17. The molecule has 4 rings (SSSR count). The molecule has 100 valence electrons. The van der Waals surface area contributed by atoms with Gasteiger partial charge in [-0.2, -0.15) is 0 Å². The number of aromatic nitrogens is 1. The summed E-state index contributed by atoms with van der Waals surface area (Å²) >= 11 is 3.61. The summed E-state index contributed by atoms with van der Waals surface area (Å²) < 4.78 is 3.48. The average molecular weight is 326 g/mol. The highest BCUT2D eigenvalue weighted by molar-refractivity contribution is 9.10. The quantitative estimate of drug-likeness (QED) is 0.532. The Labute approximate surface area is 127 Å². The molecule has 20 heavy (non-hydrogen) atoms. The van der Waals surface area contributed by atoms with Crippen LogP contribution in [0, 0.1) is 0 Å². The van der Waals surface area contributed by atoms with Crippen molar-refractivity contribution in [3.05, 3.63) is 58.1 Å². The van der Waals surface area contributed by atoms with E-state index in [9.17, 15) is 0 Å². The number of rotatable bonds is 0. The number of hydrogen-bond acceptors (Lipinski definition) is 0. The largest absolute Gasteiger partial charge is 0.343 e. The van der Waals surface area contributed by atoms with Gasteiger partial charge in [0.2, 0.25) is 0 Å². The minimum absolute atomic E-state index is 0.0617. The van der Waals surface area contributed by atoms with Gasteiger partial charge in [0.1, 0.15) is 0 Å². The van der Waals surface area contributed by atoms with Crippen LogP contribution >= 0.6 is 15.9 Å². The molecule has 1 nitrogen and oxygen atoms in total. The van der Waals surface area contributed by atoms with E-state index in [1.807, 2.05) is 0 Å². The predicted molar refractivity (Wildman–Crippen MR) is 88.2 cm³/mol. The molecule has 0 bridgehead atoms. The maximum atomic E-state index is 3.61. The van der Waals surface area contributed by atoms with Gasteiger partial charge in [0.25, 0.3) is 0 Å². The topological polar surface area (TPSA) is 4.93 Å². The number of hydrogen-bond donors (Lipinski definition) is 0. The lowest BCUT2D eigenvalue weighted by molar-refractivity contribution is 0.666. The monoisotopic (exact) mass is 325 g/mol. The van der Waals surface area contributed by atoms with Gasteiger partial charge in [-0.25, -0.2) is 0 Å². The van der Waals surface area contributed by atoms with Gasteiger partial charge in [0.15, 0.2) is 0 Å². The Kier molecular flexibility index (Phi) is 2.30. The zero-order valence-corrected chi connectivity index (χ0v) is 13.5. The van der Waals surface area contributed by atoms with E-state index in [2.05, 4.69) is 83.9 Å². The molecule has 0 amide bonds. The molecule has 1 aromatic heterocycles. The van der Waals surface area contributed by atoms with E-state index in [0.717, 1.165) is 4.47 Å². The van der Waals surface area contributed by atoms with Gasteiger partial charge in [-0.05, 0) is 29.3 Å². The highest BCUT2D eigenvalue weighted by atomic mass is 79.9. The Hall–Kier alpha value is -1.54. The maximum Gasteiger partial charge on any atom is 0.0533 e. The van der Waals surface area contributed by atoms with Crippen LogP contribution in [0.2, 0.25) is 0 Å². The van der Waals surface area contributed by atoms with Crippen molar-refractivity contribution in [1.29, 1.82) is 0 Å². The molecule has 0 radical (unpaired) electrons. The summed E-state index contributed by atoms with van der Waals surface area (Å²) in [5.74, 6) is 0. The van der Waals surface area contributed by atoms with Crippen molar-refractivity contribution >= 4 is 26.8 Å². The summed E-state index contributed by atoms with van der Waals surface area (Å²) in [6.07, 6.45) is 0. The molecule has 0 saturated heterocycles. The Morgan fingerprint density at radius 2 is 1.80 bits per heavy atom. The van der Waals surface area contributed by atoms with E-state index in [0.29, 0.717) is 0 Å². The number of nitrogens with zero attached hydrogens (tertiary/aromatic N) is 1. The third-order valence-electron chi connectivity index (χ3n) is 4.64. The molecule has 1 aliphatic rings. The Morgan fingerprint density at radius 3 is 2.60 bits per heavy atom. The van der Waals surface area contributed by atoms with Gasteiger partial charge in [-0.15, -0.1) is 0 Å². The van der Waals surface area contributed by atoms with E-state index in [1.54, 1.807) is 0 Å². The SMILES string of the molecule is Cn1c2c(c3cc(Br)ccc31)C(C)(C)c1ccccc1-2. The molecular weight excluding hydrogens is 310 g/mol. The second kappa shape index (κ2) is 3.76. The van der Waals surface area contributed by atoms with Crippen LogP contribution in [0.25, 0.3) is 22.2 Å². The smallest absolute Gasteiger partial charge is 0.0533 e. The highest BCUT2D eigenvalue weighted by Crippen LogP contribution is 2.52. The Balaban J connectivity index is 2.24. The summed E-state index contributed by atoms with van der Waals surface area (Å²) in [6, 6.07) is 15.4. The predicted octanol–water partition coefficient (Wildman–Crippen LogP) is 5.25. The van der Waals surface area contributed by atoms with Gasteiger partial charge in [-0.3, -0.25) is 0 Å². The zero-order chi connectivity index (χ0) is 14.1. The lowest BCUT2D eigenvalue weighted by atomic mass is 9.81. The first-order chi connectivity index (χ1) is 9.51. The lowest BCUT2D eigenvalue weighted by Gasteiger charge is -2.21. The molecule has 0 atom stereocenters. The highest BCUT2D eigenvalue weighted by Gasteiger charge is 2.39. The van der Waals surface area contributed by atoms with Crippen LogP contribution in [0.1, 0.15) is 25.0 Å². The molecule has 2 aromatic carbocycles. The average Bonchev–Trinajstić information content (AvgIpc) is 2.84. The second-order valence-electron chi connectivity index (χ2n) is 6.11. The fourth-order valence-corrected chi connectivity index (χ4v) is 4.10. The van der Waals surface area contributed by atoms with Crippen molar-refractivity contribution in [1.82, 2.24) is 4.57 Å².